The molecule has 0 radical (unpaired) electrons. The number of pyridine rings is 1. The van der Waals surface area contributed by atoms with Gasteiger partial charge in [0.25, 0.3) is 0 Å². The van der Waals surface area contributed by atoms with Crippen LogP contribution in [-0.4, -0.2) is 16.6 Å². The highest BCUT2D eigenvalue weighted by molar-refractivity contribution is 5.31. The van der Waals surface area contributed by atoms with Crippen LogP contribution in [0.25, 0.3) is 0 Å². The van der Waals surface area contributed by atoms with Crippen molar-refractivity contribution in [3.8, 4) is 0 Å². The molecule has 1 aromatic heterocycles. The Hall–Kier alpha value is -1.99. The topological polar surface area (TPSA) is 59.1 Å². The van der Waals surface area contributed by atoms with Gasteiger partial charge in [-0.3, -0.25) is 4.98 Å². The quantitative estimate of drug-likeness (QED) is 0.853. The number of halogens is 4. The molecule has 0 bridgehead atoms. The van der Waals surface area contributed by atoms with Gasteiger partial charge in [-0.05, 0) is 24.6 Å². The molecule has 118 valence electrons. The average Bonchev–Trinajstić information content (AvgIpc) is 2.46. The van der Waals surface area contributed by atoms with Crippen LogP contribution in [0.4, 0.5) is 17.6 Å². The van der Waals surface area contributed by atoms with E-state index in [2.05, 4.69) is 4.98 Å². The molecule has 2 aromatic rings. The molecule has 7 heteroatoms. The molecule has 0 saturated carbocycles. The van der Waals surface area contributed by atoms with Crippen LogP contribution in [0.1, 0.15) is 16.8 Å². The van der Waals surface area contributed by atoms with Crippen molar-refractivity contribution in [2.75, 3.05) is 6.54 Å². The van der Waals surface area contributed by atoms with Crippen LogP contribution < -0.4 is 5.73 Å². The number of hydrogen-bond acceptors (Lipinski definition) is 3. The van der Waals surface area contributed by atoms with Gasteiger partial charge in [0, 0.05) is 24.4 Å². The molecule has 0 spiro atoms. The number of nitrogens with zero attached hydrogens (tertiary/aromatic N) is 1. The van der Waals surface area contributed by atoms with Crippen LogP contribution in [0.5, 0.6) is 0 Å². The molecule has 0 unspecified atom stereocenters. The summed E-state index contributed by atoms with van der Waals surface area (Å²) in [4.78, 5) is 3.57. The highest BCUT2D eigenvalue weighted by atomic mass is 19.3. The van der Waals surface area contributed by atoms with Crippen LogP contribution in [0.2, 0.25) is 0 Å². The first-order valence-electron chi connectivity index (χ1n) is 6.41. The zero-order valence-electron chi connectivity index (χ0n) is 11.7. The normalized spacial score (nSPS) is 14.7. The number of benzene rings is 1. The van der Waals surface area contributed by atoms with Crippen LogP contribution in [0.3, 0.4) is 0 Å². The minimum absolute atomic E-state index is 0.411. The van der Waals surface area contributed by atoms with Gasteiger partial charge in [-0.1, -0.05) is 12.1 Å². The van der Waals surface area contributed by atoms with Gasteiger partial charge in [0.15, 0.2) is 5.60 Å². The first kappa shape index (κ1) is 16.4. The molecular formula is C15H14F4N2O. The summed E-state index contributed by atoms with van der Waals surface area (Å²) in [5, 5.41) is 10.3. The Bertz CT molecular complexity index is 676. The molecule has 0 saturated heterocycles. The Morgan fingerprint density at radius 2 is 1.86 bits per heavy atom. The molecule has 1 heterocycles. The van der Waals surface area contributed by atoms with Crippen LogP contribution >= 0.6 is 0 Å². The zero-order chi connectivity index (χ0) is 16.5. The highest BCUT2D eigenvalue weighted by Crippen LogP contribution is 2.44. The van der Waals surface area contributed by atoms with Crippen LogP contribution in [0, 0.1) is 18.6 Å². The SMILES string of the molecule is Cc1ccc(C(F)(F)[C@@](O)(CN)c2ccc(F)cc2F)nc1. The summed E-state index contributed by atoms with van der Waals surface area (Å²) in [5.41, 5.74) is 1.33. The van der Waals surface area contributed by atoms with E-state index in [-0.39, 0.29) is 0 Å². The maximum atomic E-state index is 14.7. The Labute approximate surface area is 124 Å². The summed E-state index contributed by atoms with van der Waals surface area (Å²) in [6, 6.07) is 4.34. The lowest BCUT2D eigenvalue weighted by atomic mass is 9.85. The lowest BCUT2D eigenvalue weighted by molar-refractivity contribution is -0.193. The van der Waals surface area contributed by atoms with E-state index in [1.165, 1.54) is 12.3 Å². The van der Waals surface area contributed by atoms with Gasteiger partial charge in [0.1, 0.15) is 17.3 Å². The molecule has 3 nitrogen and oxygen atoms in total. The molecule has 3 N–H and O–H groups in total. The number of aryl methyl sites for hydroxylation is 1. The smallest absolute Gasteiger partial charge is 0.323 e. The van der Waals surface area contributed by atoms with E-state index in [0.29, 0.717) is 11.6 Å². The molecule has 2 rings (SSSR count). The van der Waals surface area contributed by atoms with Crippen molar-refractivity contribution in [2.45, 2.75) is 18.4 Å². The van der Waals surface area contributed by atoms with Crippen LogP contribution in [-0.2, 0) is 11.5 Å². The summed E-state index contributed by atoms with van der Waals surface area (Å²) in [5.74, 6) is -6.22. The van der Waals surface area contributed by atoms with Crippen molar-refractivity contribution in [1.29, 1.82) is 0 Å². The molecule has 0 aliphatic rings. The number of aliphatic hydroxyl groups is 1. The average molecular weight is 314 g/mol. The van der Waals surface area contributed by atoms with Crippen molar-refractivity contribution in [2.24, 2.45) is 5.73 Å². The number of hydrogen-bond donors (Lipinski definition) is 2. The van der Waals surface area contributed by atoms with Crippen molar-refractivity contribution in [3.63, 3.8) is 0 Å². The third-order valence-electron chi connectivity index (χ3n) is 3.42. The van der Waals surface area contributed by atoms with Crippen molar-refractivity contribution in [1.82, 2.24) is 4.98 Å². The van der Waals surface area contributed by atoms with E-state index in [1.54, 1.807) is 6.92 Å². The Kier molecular flexibility index (Phi) is 4.21. The summed E-state index contributed by atoms with van der Waals surface area (Å²) in [6.07, 6.45) is 1.20. The van der Waals surface area contributed by atoms with Gasteiger partial charge in [-0.2, -0.15) is 8.78 Å². The first-order chi connectivity index (χ1) is 10.2. The van der Waals surface area contributed by atoms with E-state index in [9.17, 15) is 22.7 Å². The van der Waals surface area contributed by atoms with E-state index < -0.39 is 41.0 Å². The fourth-order valence-corrected chi connectivity index (χ4v) is 2.10. The third kappa shape index (κ3) is 2.57. The molecule has 0 fully saturated rings. The summed E-state index contributed by atoms with van der Waals surface area (Å²) < 4.78 is 56.1. The molecule has 0 amide bonds. The lowest BCUT2D eigenvalue weighted by Crippen LogP contribution is -2.50. The Morgan fingerprint density at radius 1 is 1.18 bits per heavy atom. The molecule has 0 aliphatic heterocycles. The number of aromatic nitrogens is 1. The van der Waals surface area contributed by atoms with E-state index >= 15 is 0 Å². The second kappa shape index (κ2) is 5.66. The monoisotopic (exact) mass is 314 g/mol. The second-order valence-electron chi connectivity index (χ2n) is 4.98. The molecule has 1 aromatic carbocycles. The molecule has 0 aliphatic carbocycles. The fraction of sp³-hybridized carbons (Fsp3) is 0.267. The van der Waals surface area contributed by atoms with Crippen molar-refractivity contribution < 1.29 is 22.7 Å². The summed E-state index contributed by atoms with van der Waals surface area (Å²) in [7, 11) is 0. The predicted octanol–water partition coefficient (Wildman–Crippen LogP) is 2.61. The highest BCUT2D eigenvalue weighted by Gasteiger charge is 2.56. The summed E-state index contributed by atoms with van der Waals surface area (Å²) >= 11 is 0. The lowest BCUT2D eigenvalue weighted by Gasteiger charge is -2.35. The minimum atomic E-state index is -3.96. The zero-order valence-corrected chi connectivity index (χ0v) is 11.7. The maximum absolute atomic E-state index is 14.7. The van der Waals surface area contributed by atoms with Gasteiger partial charge in [-0.15, -0.1) is 0 Å². The van der Waals surface area contributed by atoms with Gasteiger partial charge in [0.05, 0.1) is 0 Å². The van der Waals surface area contributed by atoms with Gasteiger partial charge < -0.3 is 10.8 Å². The van der Waals surface area contributed by atoms with Crippen LogP contribution in [0.15, 0.2) is 36.5 Å². The predicted molar refractivity (Wildman–Crippen MR) is 72.2 cm³/mol. The molecular weight excluding hydrogens is 300 g/mol. The van der Waals surface area contributed by atoms with E-state index in [4.69, 9.17) is 5.73 Å². The van der Waals surface area contributed by atoms with Crippen molar-refractivity contribution >= 4 is 0 Å². The second-order valence-corrected chi connectivity index (χ2v) is 4.98. The fourth-order valence-electron chi connectivity index (χ4n) is 2.10. The van der Waals surface area contributed by atoms with E-state index in [1.807, 2.05) is 0 Å². The number of alkyl halides is 2. The van der Waals surface area contributed by atoms with E-state index in [0.717, 1.165) is 18.2 Å². The van der Waals surface area contributed by atoms with Gasteiger partial charge in [0.2, 0.25) is 0 Å². The molecule has 1 atom stereocenters. The largest absolute Gasteiger partial charge is 0.377 e. The van der Waals surface area contributed by atoms with Gasteiger partial charge >= 0.3 is 5.92 Å². The standard InChI is InChI=1S/C15H14F4N2O/c1-9-2-5-13(21-7-9)15(18,19)14(22,8-20)11-4-3-10(16)6-12(11)17/h2-7,22H,8,20H2,1H3/t14-/m1/s1. The Balaban J connectivity index is 2.59. The van der Waals surface area contributed by atoms with Gasteiger partial charge in [-0.25, -0.2) is 8.78 Å². The number of nitrogens with two attached hydrogens (primary N) is 1. The maximum Gasteiger partial charge on any atom is 0.323 e. The number of rotatable bonds is 4. The first-order valence-corrected chi connectivity index (χ1v) is 6.41. The Morgan fingerprint density at radius 3 is 2.36 bits per heavy atom. The molecule has 22 heavy (non-hydrogen) atoms. The third-order valence-corrected chi connectivity index (χ3v) is 3.42. The summed E-state index contributed by atoms with van der Waals surface area (Å²) in [6.45, 7) is 0.682. The van der Waals surface area contributed by atoms with Crippen molar-refractivity contribution in [3.05, 3.63) is 65.0 Å². The minimum Gasteiger partial charge on any atom is -0.377 e.